The zero-order valence-corrected chi connectivity index (χ0v) is 15.7. The molecule has 0 unspecified atom stereocenters. The predicted molar refractivity (Wildman–Crippen MR) is 102 cm³/mol. The Balaban J connectivity index is 2.00. The average Bonchev–Trinajstić information content (AvgIpc) is 3.21. The van der Waals surface area contributed by atoms with Crippen LogP contribution >= 0.6 is 34.3 Å². The highest BCUT2D eigenvalue weighted by atomic mass is 35.5. The summed E-state index contributed by atoms with van der Waals surface area (Å²) in [7, 11) is 1.63. The number of thiophene rings is 1. The Morgan fingerprint density at radius 2 is 2.00 bits per heavy atom. The van der Waals surface area contributed by atoms with Gasteiger partial charge in [0.05, 0.1) is 34.7 Å². The minimum atomic E-state index is -0.371. The quantitative estimate of drug-likeness (QED) is 0.415. The van der Waals surface area contributed by atoms with Crippen LogP contribution in [0.5, 0.6) is 5.75 Å². The van der Waals surface area contributed by atoms with Crippen LogP contribution in [0.1, 0.15) is 4.88 Å². The molecule has 0 aliphatic carbocycles. The van der Waals surface area contributed by atoms with Crippen molar-refractivity contribution in [1.82, 2.24) is 4.98 Å². The smallest absolute Gasteiger partial charge is 0.315 e. The highest BCUT2D eigenvalue weighted by Gasteiger charge is 2.19. The van der Waals surface area contributed by atoms with Gasteiger partial charge in [-0.05, 0) is 36.4 Å². The van der Waals surface area contributed by atoms with Gasteiger partial charge in [0.25, 0.3) is 0 Å². The van der Waals surface area contributed by atoms with Crippen molar-refractivity contribution >= 4 is 40.2 Å². The van der Waals surface area contributed by atoms with Crippen molar-refractivity contribution in [2.75, 3.05) is 7.11 Å². The van der Waals surface area contributed by atoms with Crippen LogP contribution in [-0.4, -0.2) is 18.1 Å². The molecule has 3 aromatic rings. The Hall–Kier alpha value is -2.15. The van der Waals surface area contributed by atoms with E-state index in [1.807, 2.05) is 36.4 Å². The summed E-state index contributed by atoms with van der Waals surface area (Å²) in [6, 6.07) is 11.4. The van der Waals surface area contributed by atoms with Gasteiger partial charge in [0.15, 0.2) is 0 Å². The third-order valence-electron chi connectivity index (χ3n) is 3.36. The number of hydrogen-bond acceptors (Lipinski definition) is 6. The number of rotatable bonds is 6. The van der Waals surface area contributed by atoms with Gasteiger partial charge in [-0.2, -0.15) is 0 Å². The Morgan fingerprint density at radius 1 is 1.24 bits per heavy atom. The van der Waals surface area contributed by atoms with Crippen molar-refractivity contribution in [3.05, 3.63) is 58.5 Å². The van der Waals surface area contributed by atoms with Crippen molar-refractivity contribution in [1.29, 1.82) is 0 Å². The number of thiazole rings is 1. The Labute approximate surface area is 158 Å². The summed E-state index contributed by atoms with van der Waals surface area (Å²) in [5, 5.41) is 0.823. The van der Waals surface area contributed by atoms with Gasteiger partial charge in [0, 0.05) is 10.4 Å². The molecular formula is C18H14ClNO3S2. The fourth-order valence-corrected chi connectivity index (χ4v) is 4.42. The number of benzene rings is 1. The van der Waals surface area contributed by atoms with E-state index in [1.54, 1.807) is 7.11 Å². The molecule has 0 radical (unpaired) electrons. The van der Waals surface area contributed by atoms with Gasteiger partial charge in [0.2, 0.25) is 0 Å². The van der Waals surface area contributed by atoms with Crippen LogP contribution in [0.3, 0.4) is 0 Å². The third kappa shape index (κ3) is 4.10. The van der Waals surface area contributed by atoms with Crippen molar-refractivity contribution < 1.29 is 14.3 Å². The molecule has 0 bridgehead atoms. The van der Waals surface area contributed by atoms with E-state index in [9.17, 15) is 4.79 Å². The minimum Gasteiger partial charge on any atom is -0.497 e. The zero-order chi connectivity index (χ0) is 17.8. The Morgan fingerprint density at radius 3 is 2.60 bits per heavy atom. The number of carbonyl (C=O) groups is 1. The molecule has 0 atom stereocenters. The summed E-state index contributed by atoms with van der Waals surface area (Å²) < 4.78 is 10.7. The fourth-order valence-electron chi connectivity index (χ4n) is 2.23. The molecule has 2 heterocycles. The molecule has 0 N–H and O–H groups in total. The normalized spacial score (nSPS) is 10.5. The molecule has 25 heavy (non-hydrogen) atoms. The summed E-state index contributed by atoms with van der Waals surface area (Å²) in [4.78, 5) is 18.4. The number of hydrogen-bond donors (Lipinski definition) is 0. The highest BCUT2D eigenvalue weighted by Crippen LogP contribution is 2.38. The molecule has 3 rings (SSSR count). The van der Waals surface area contributed by atoms with E-state index in [2.05, 4.69) is 6.58 Å². The SMILES string of the molecule is C=COC(=O)Cc1sc(-c2ccc(OC)cc2)nc1-c1ccc(Cl)s1. The molecule has 7 heteroatoms. The molecule has 128 valence electrons. The van der Waals surface area contributed by atoms with Crippen LogP contribution in [0.4, 0.5) is 0 Å². The second-order valence-corrected chi connectivity index (χ2v) is 7.76. The lowest BCUT2D eigenvalue weighted by Crippen LogP contribution is -2.03. The molecule has 0 amide bonds. The zero-order valence-electron chi connectivity index (χ0n) is 13.3. The largest absolute Gasteiger partial charge is 0.497 e. The van der Waals surface area contributed by atoms with Crippen LogP contribution in [0.2, 0.25) is 4.34 Å². The topological polar surface area (TPSA) is 48.4 Å². The minimum absolute atomic E-state index is 0.130. The lowest BCUT2D eigenvalue weighted by molar-refractivity contribution is -0.137. The van der Waals surface area contributed by atoms with E-state index < -0.39 is 0 Å². The maximum atomic E-state index is 11.9. The Bertz CT molecular complexity index is 899. The van der Waals surface area contributed by atoms with Crippen LogP contribution in [0, 0.1) is 0 Å². The molecule has 0 aliphatic heterocycles. The number of esters is 1. The van der Waals surface area contributed by atoms with E-state index in [0.29, 0.717) is 4.34 Å². The lowest BCUT2D eigenvalue weighted by atomic mass is 10.2. The first-order valence-electron chi connectivity index (χ1n) is 7.31. The second kappa shape index (κ2) is 7.82. The van der Waals surface area contributed by atoms with Gasteiger partial charge in [-0.1, -0.05) is 18.2 Å². The summed E-state index contributed by atoms with van der Waals surface area (Å²) in [5.41, 5.74) is 1.71. The van der Waals surface area contributed by atoms with Gasteiger partial charge in [0.1, 0.15) is 10.8 Å². The molecule has 0 fully saturated rings. The molecular weight excluding hydrogens is 378 g/mol. The highest BCUT2D eigenvalue weighted by molar-refractivity contribution is 7.20. The number of nitrogens with zero attached hydrogens (tertiary/aromatic N) is 1. The molecule has 1 aromatic carbocycles. The van der Waals surface area contributed by atoms with Crippen LogP contribution in [0.25, 0.3) is 21.1 Å². The van der Waals surface area contributed by atoms with Crippen LogP contribution in [-0.2, 0) is 16.0 Å². The standard InChI is InChI=1S/C18H14ClNO3S2/c1-3-23-16(21)10-14-17(13-8-9-15(19)24-13)20-18(25-14)11-4-6-12(22-2)7-5-11/h3-9H,1,10H2,2H3. The fraction of sp³-hybridized carbons (Fsp3) is 0.111. The van der Waals surface area contributed by atoms with E-state index in [0.717, 1.165) is 38.0 Å². The number of aromatic nitrogens is 1. The van der Waals surface area contributed by atoms with Gasteiger partial charge < -0.3 is 9.47 Å². The van der Waals surface area contributed by atoms with Crippen molar-refractivity contribution in [3.63, 3.8) is 0 Å². The summed E-state index contributed by atoms with van der Waals surface area (Å²) in [6.45, 7) is 3.41. The summed E-state index contributed by atoms with van der Waals surface area (Å²) >= 11 is 8.94. The number of carbonyl (C=O) groups excluding carboxylic acids is 1. The van der Waals surface area contributed by atoms with Gasteiger partial charge in [-0.25, -0.2) is 4.98 Å². The van der Waals surface area contributed by atoms with Gasteiger partial charge >= 0.3 is 5.97 Å². The molecule has 0 spiro atoms. The molecule has 4 nitrogen and oxygen atoms in total. The van der Waals surface area contributed by atoms with E-state index in [4.69, 9.17) is 26.1 Å². The van der Waals surface area contributed by atoms with E-state index >= 15 is 0 Å². The first-order chi connectivity index (χ1) is 12.1. The Kier molecular flexibility index (Phi) is 5.53. The first kappa shape index (κ1) is 17.7. The van der Waals surface area contributed by atoms with Crippen molar-refractivity contribution in [2.24, 2.45) is 0 Å². The monoisotopic (exact) mass is 391 g/mol. The third-order valence-corrected chi connectivity index (χ3v) is 5.70. The molecule has 0 aliphatic rings. The molecule has 0 saturated carbocycles. The maximum absolute atomic E-state index is 11.9. The van der Waals surface area contributed by atoms with Gasteiger partial charge in [-0.15, -0.1) is 22.7 Å². The van der Waals surface area contributed by atoms with Crippen molar-refractivity contribution in [3.8, 4) is 26.9 Å². The summed E-state index contributed by atoms with van der Waals surface area (Å²) in [6.07, 6.45) is 1.26. The van der Waals surface area contributed by atoms with E-state index in [1.165, 1.54) is 22.7 Å². The van der Waals surface area contributed by atoms with Crippen LogP contribution in [0.15, 0.2) is 49.2 Å². The van der Waals surface area contributed by atoms with Gasteiger partial charge in [-0.3, -0.25) is 4.79 Å². The second-order valence-electron chi connectivity index (χ2n) is 4.96. The number of halogens is 1. The molecule has 2 aromatic heterocycles. The van der Waals surface area contributed by atoms with Crippen molar-refractivity contribution in [2.45, 2.75) is 6.42 Å². The summed E-state index contributed by atoms with van der Waals surface area (Å²) in [5.74, 6) is 0.407. The number of ether oxygens (including phenoxy) is 2. The lowest BCUT2D eigenvalue weighted by Gasteiger charge is -2.00. The number of methoxy groups -OCH3 is 1. The molecule has 0 saturated heterocycles. The first-order valence-corrected chi connectivity index (χ1v) is 9.32. The van der Waals surface area contributed by atoms with E-state index in [-0.39, 0.29) is 12.4 Å². The average molecular weight is 392 g/mol. The predicted octanol–water partition coefficient (Wildman–Crippen LogP) is 5.43. The maximum Gasteiger partial charge on any atom is 0.315 e. The van der Waals surface area contributed by atoms with Crippen LogP contribution < -0.4 is 4.74 Å².